The molecule has 1 unspecified atom stereocenters. The third kappa shape index (κ3) is 7.82. The van der Waals surface area contributed by atoms with Crippen LogP contribution in [0.5, 0.6) is 0 Å². The summed E-state index contributed by atoms with van der Waals surface area (Å²) in [5.41, 5.74) is 2.28. The number of alkyl halides is 3. The molecule has 0 saturated carbocycles. The number of benzene rings is 2. The van der Waals surface area contributed by atoms with Gasteiger partial charge in [0.15, 0.2) is 5.16 Å². The van der Waals surface area contributed by atoms with Gasteiger partial charge in [-0.15, -0.1) is 0 Å². The van der Waals surface area contributed by atoms with Crippen LogP contribution in [0.15, 0.2) is 59.8 Å². The zero-order chi connectivity index (χ0) is 31.3. The molecule has 234 valence electrons. The Morgan fingerprint density at radius 3 is 2.48 bits per heavy atom. The molecule has 2 aromatic carbocycles. The highest BCUT2D eigenvalue weighted by atomic mass is 32.2. The fourth-order valence-corrected chi connectivity index (χ4v) is 6.41. The Bertz CT molecular complexity index is 1480. The molecule has 0 spiro atoms. The summed E-state index contributed by atoms with van der Waals surface area (Å²) in [6.07, 6.45) is -2.88. The summed E-state index contributed by atoms with van der Waals surface area (Å²) in [6, 6.07) is 14.9. The molecule has 12 heteroatoms. The number of aromatic nitrogens is 2. The Kier molecular flexibility index (Phi) is 9.97. The molecule has 2 fully saturated rings. The Labute approximate surface area is 259 Å². The number of rotatable bonds is 8. The maximum Gasteiger partial charge on any atom is 0.416 e. The molecule has 2 saturated heterocycles. The number of nitrogens with zero attached hydrogens (tertiary/aromatic N) is 5. The maximum absolute atomic E-state index is 13.3. The van der Waals surface area contributed by atoms with Crippen molar-refractivity contribution in [1.82, 2.24) is 14.9 Å². The number of hydrogen-bond donors (Lipinski definition) is 0. The van der Waals surface area contributed by atoms with Gasteiger partial charge in [0, 0.05) is 68.0 Å². The second-order valence-corrected chi connectivity index (χ2v) is 11.9. The van der Waals surface area contributed by atoms with Crippen molar-refractivity contribution in [2.75, 3.05) is 55.7 Å². The Hall–Kier alpha value is -3.80. The first-order valence-corrected chi connectivity index (χ1v) is 15.8. The molecule has 0 N–H and O–H groups in total. The molecule has 3 heterocycles. The summed E-state index contributed by atoms with van der Waals surface area (Å²) >= 11 is 1.48. The Morgan fingerprint density at radius 1 is 0.977 bits per heavy atom. The number of piperidine rings is 1. The van der Waals surface area contributed by atoms with Crippen molar-refractivity contribution in [1.29, 1.82) is 0 Å². The summed E-state index contributed by atoms with van der Waals surface area (Å²) in [7, 11) is 0. The molecule has 1 aromatic heterocycles. The third-order valence-corrected chi connectivity index (χ3v) is 8.75. The van der Waals surface area contributed by atoms with Gasteiger partial charge in [-0.3, -0.25) is 9.59 Å². The Balaban J connectivity index is 1.19. The molecular weight excluding hydrogens is 591 g/mol. The van der Waals surface area contributed by atoms with Crippen LogP contribution in [-0.4, -0.2) is 72.6 Å². The van der Waals surface area contributed by atoms with E-state index in [4.69, 9.17) is 9.72 Å². The number of anilines is 2. The van der Waals surface area contributed by atoms with E-state index in [0.29, 0.717) is 68.0 Å². The maximum atomic E-state index is 13.3. The van der Waals surface area contributed by atoms with E-state index in [9.17, 15) is 22.8 Å². The highest BCUT2D eigenvalue weighted by molar-refractivity contribution is 7.98. The number of aryl methyl sites for hydroxylation is 1. The van der Waals surface area contributed by atoms with E-state index in [-0.39, 0.29) is 17.8 Å². The van der Waals surface area contributed by atoms with Gasteiger partial charge in [0.25, 0.3) is 5.91 Å². The number of likely N-dealkylation sites (tertiary alicyclic amines) is 1. The fraction of sp³-hybridized carbons (Fsp3) is 0.438. The van der Waals surface area contributed by atoms with Crippen LogP contribution in [0.4, 0.5) is 24.7 Å². The molecule has 1 atom stereocenters. The molecule has 5 rings (SSSR count). The topological polar surface area (TPSA) is 78.9 Å². The van der Waals surface area contributed by atoms with Crippen molar-refractivity contribution < 1.29 is 27.5 Å². The molecule has 0 bridgehead atoms. The monoisotopic (exact) mass is 627 g/mol. The van der Waals surface area contributed by atoms with E-state index in [1.54, 1.807) is 24.0 Å². The smallest absolute Gasteiger partial charge is 0.416 e. The zero-order valence-corrected chi connectivity index (χ0v) is 25.7. The third-order valence-electron chi connectivity index (χ3n) is 7.83. The molecule has 8 nitrogen and oxygen atoms in total. The minimum Gasteiger partial charge on any atom is -0.466 e. The molecule has 44 heavy (non-hydrogen) atoms. The molecule has 2 aliphatic rings. The predicted octanol–water partition coefficient (Wildman–Crippen LogP) is 5.84. The molecule has 1 amide bonds. The van der Waals surface area contributed by atoms with Crippen molar-refractivity contribution in [3.8, 4) is 0 Å². The van der Waals surface area contributed by atoms with Crippen LogP contribution >= 0.6 is 11.8 Å². The van der Waals surface area contributed by atoms with Gasteiger partial charge in [0.2, 0.25) is 0 Å². The van der Waals surface area contributed by atoms with Gasteiger partial charge in [0.1, 0.15) is 5.82 Å². The number of piperazine rings is 1. The number of ether oxygens (including phenoxy) is 1. The van der Waals surface area contributed by atoms with Crippen LogP contribution in [-0.2, 0) is 21.5 Å². The van der Waals surface area contributed by atoms with Crippen molar-refractivity contribution in [3.63, 3.8) is 0 Å². The highest BCUT2D eigenvalue weighted by Gasteiger charge is 2.32. The number of carbonyl (C=O) groups is 2. The van der Waals surface area contributed by atoms with Crippen molar-refractivity contribution >= 4 is 35.1 Å². The average molecular weight is 628 g/mol. The van der Waals surface area contributed by atoms with Gasteiger partial charge >= 0.3 is 12.1 Å². The lowest BCUT2D eigenvalue weighted by Gasteiger charge is -2.37. The predicted molar refractivity (Wildman–Crippen MR) is 164 cm³/mol. The van der Waals surface area contributed by atoms with E-state index in [0.717, 1.165) is 36.0 Å². The lowest BCUT2D eigenvalue weighted by atomic mass is 9.97. The second kappa shape index (κ2) is 13.9. The van der Waals surface area contributed by atoms with Crippen LogP contribution in [0, 0.1) is 12.8 Å². The van der Waals surface area contributed by atoms with Gasteiger partial charge in [-0.1, -0.05) is 30.0 Å². The summed E-state index contributed by atoms with van der Waals surface area (Å²) in [5, 5.41) is 0.616. The first kappa shape index (κ1) is 31.6. The zero-order valence-electron chi connectivity index (χ0n) is 24.8. The molecular formula is C32H36F3N5O3S. The van der Waals surface area contributed by atoms with Gasteiger partial charge < -0.3 is 19.4 Å². The van der Waals surface area contributed by atoms with Crippen molar-refractivity contribution in [2.24, 2.45) is 5.92 Å². The van der Waals surface area contributed by atoms with E-state index in [1.165, 1.54) is 23.9 Å². The van der Waals surface area contributed by atoms with Crippen LogP contribution < -0.4 is 9.80 Å². The first-order chi connectivity index (χ1) is 21.1. The lowest BCUT2D eigenvalue weighted by Crippen LogP contribution is -2.47. The number of esters is 1. The van der Waals surface area contributed by atoms with Crippen LogP contribution in [0.25, 0.3) is 0 Å². The molecule has 2 aliphatic heterocycles. The number of carbonyl (C=O) groups excluding carboxylic acids is 2. The number of hydrogen-bond acceptors (Lipinski definition) is 8. The van der Waals surface area contributed by atoms with Crippen LogP contribution in [0.1, 0.15) is 46.9 Å². The summed E-state index contributed by atoms with van der Waals surface area (Å²) in [5.74, 6) is 0.727. The fourth-order valence-electron chi connectivity index (χ4n) is 5.56. The standard InChI is InChI=1S/C32H36F3N5O3S/c1-3-43-30(42)25-9-6-12-40(20-25)29(41)24-8-4-7-23(18-24)21-44-31-36-22(2)17-28(37-31)39-15-13-38(14-16-39)27-11-5-10-26(19-27)32(33,34)35/h4-5,7-8,10-11,17-19,25H,3,6,9,12-16,20-21H2,1-2H3. The quantitative estimate of drug-likeness (QED) is 0.175. The first-order valence-electron chi connectivity index (χ1n) is 14.8. The summed E-state index contributed by atoms with van der Waals surface area (Å²) in [6.45, 7) is 7.39. The second-order valence-electron chi connectivity index (χ2n) is 11.0. The molecule has 3 aromatic rings. The van der Waals surface area contributed by atoms with Gasteiger partial charge in [-0.25, -0.2) is 9.97 Å². The lowest BCUT2D eigenvalue weighted by molar-refractivity contribution is -0.149. The molecule has 0 radical (unpaired) electrons. The minimum absolute atomic E-state index is 0.0933. The number of halogens is 3. The van der Waals surface area contributed by atoms with E-state index in [1.807, 2.05) is 36.1 Å². The average Bonchev–Trinajstić information content (AvgIpc) is 3.03. The van der Waals surface area contributed by atoms with Gasteiger partial charge in [-0.05, 0) is 62.6 Å². The van der Waals surface area contributed by atoms with Crippen LogP contribution in [0.2, 0.25) is 0 Å². The summed E-state index contributed by atoms with van der Waals surface area (Å²) < 4.78 is 44.7. The molecule has 0 aliphatic carbocycles. The van der Waals surface area contributed by atoms with E-state index >= 15 is 0 Å². The van der Waals surface area contributed by atoms with E-state index in [2.05, 4.69) is 9.88 Å². The normalized spacial score (nSPS) is 17.5. The van der Waals surface area contributed by atoms with Crippen LogP contribution in [0.3, 0.4) is 0 Å². The number of amides is 1. The van der Waals surface area contributed by atoms with E-state index < -0.39 is 11.7 Å². The Morgan fingerprint density at radius 2 is 1.73 bits per heavy atom. The van der Waals surface area contributed by atoms with Gasteiger partial charge in [0.05, 0.1) is 18.1 Å². The van der Waals surface area contributed by atoms with Crippen molar-refractivity contribution in [3.05, 3.63) is 77.0 Å². The highest BCUT2D eigenvalue weighted by Crippen LogP contribution is 2.32. The van der Waals surface area contributed by atoms with Gasteiger partial charge in [-0.2, -0.15) is 13.2 Å². The largest absolute Gasteiger partial charge is 0.466 e. The SMILES string of the molecule is CCOC(=O)C1CCCN(C(=O)c2cccc(CSc3nc(C)cc(N4CCN(c5cccc(C(F)(F)F)c5)CC4)n3)c2)C1. The van der Waals surface area contributed by atoms with Crippen molar-refractivity contribution in [2.45, 2.75) is 43.8 Å². The minimum atomic E-state index is -4.37. The number of thioether (sulfide) groups is 1. The summed E-state index contributed by atoms with van der Waals surface area (Å²) in [4.78, 5) is 40.7.